The number of alkyl halides is 6. The normalized spacial score (nSPS) is 14.0. The predicted molar refractivity (Wildman–Crippen MR) is 72.5 cm³/mol. The number of carbonyl (C=O) groups excluding carboxylic acids is 1. The molecule has 0 saturated carbocycles. The van der Waals surface area contributed by atoms with Gasteiger partial charge < -0.3 is 11.1 Å². The second-order valence-electron chi connectivity index (χ2n) is 5.52. The fourth-order valence-electron chi connectivity index (χ4n) is 1.88. The van der Waals surface area contributed by atoms with Crippen molar-refractivity contribution in [1.29, 1.82) is 0 Å². The van der Waals surface area contributed by atoms with Gasteiger partial charge >= 0.3 is 12.4 Å². The highest BCUT2D eigenvalue weighted by Crippen LogP contribution is 2.37. The largest absolute Gasteiger partial charge is 0.416 e. The van der Waals surface area contributed by atoms with Crippen molar-refractivity contribution in [3.05, 3.63) is 29.3 Å². The number of carbonyl (C=O) groups is 1. The highest BCUT2D eigenvalue weighted by Gasteiger charge is 2.37. The zero-order chi connectivity index (χ0) is 18.0. The number of hydrogen-bond acceptors (Lipinski definition) is 2. The first-order chi connectivity index (χ1) is 10.3. The first-order valence-corrected chi connectivity index (χ1v) is 6.66. The number of rotatable bonds is 4. The van der Waals surface area contributed by atoms with Gasteiger partial charge in [-0.05, 0) is 30.5 Å². The van der Waals surface area contributed by atoms with Gasteiger partial charge in [-0.15, -0.1) is 0 Å². The SMILES string of the molecule is CC(C)CC(N)C(=O)Nc1cc(C(F)(F)F)cc(C(F)(F)F)c1. The molecule has 0 aliphatic rings. The molecule has 1 aromatic carbocycles. The van der Waals surface area contributed by atoms with Crippen LogP contribution in [0.25, 0.3) is 0 Å². The van der Waals surface area contributed by atoms with Gasteiger partial charge in [0.25, 0.3) is 0 Å². The summed E-state index contributed by atoms with van der Waals surface area (Å²) in [5.41, 5.74) is 1.96. The van der Waals surface area contributed by atoms with Crippen LogP contribution in [0.2, 0.25) is 0 Å². The summed E-state index contributed by atoms with van der Waals surface area (Å²) in [6, 6.07) is -0.160. The highest BCUT2D eigenvalue weighted by atomic mass is 19.4. The summed E-state index contributed by atoms with van der Waals surface area (Å²) in [5, 5.41) is 2.01. The number of nitrogens with one attached hydrogen (secondary N) is 1. The number of nitrogens with two attached hydrogens (primary N) is 1. The third-order valence-corrected chi connectivity index (χ3v) is 2.92. The fourth-order valence-corrected chi connectivity index (χ4v) is 1.88. The van der Waals surface area contributed by atoms with Gasteiger partial charge in [0.2, 0.25) is 5.91 Å². The maximum atomic E-state index is 12.7. The molecule has 0 radical (unpaired) electrons. The van der Waals surface area contributed by atoms with E-state index in [1.165, 1.54) is 0 Å². The Morgan fingerprint density at radius 2 is 1.48 bits per heavy atom. The Bertz CT molecular complexity index is 533. The molecule has 0 aliphatic heterocycles. The number of halogens is 6. The van der Waals surface area contributed by atoms with Crippen molar-refractivity contribution in [2.45, 2.75) is 38.7 Å². The van der Waals surface area contributed by atoms with Gasteiger partial charge in [-0.2, -0.15) is 26.3 Å². The first-order valence-electron chi connectivity index (χ1n) is 6.66. The van der Waals surface area contributed by atoms with Crippen molar-refractivity contribution in [2.75, 3.05) is 5.32 Å². The van der Waals surface area contributed by atoms with Crippen LogP contribution in [0.15, 0.2) is 18.2 Å². The Balaban J connectivity index is 3.13. The lowest BCUT2D eigenvalue weighted by molar-refractivity contribution is -0.143. The lowest BCUT2D eigenvalue weighted by Crippen LogP contribution is -2.36. The van der Waals surface area contributed by atoms with Crippen molar-refractivity contribution in [3.63, 3.8) is 0 Å². The molecular weight excluding hydrogens is 326 g/mol. The second-order valence-corrected chi connectivity index (χ2v) is 5.52. The second kappa shape index (κ2) is 6.77. The Labute approximate surface area is 128 Å². The molecule has 1 unspecified atom stereocenters. The molecule has 1 aromatic rings. The molecule has 0 saturated heterocycles. The topological polar surface area (TPSA) is 55.1 Å². The van der Waals surface area contributed by atoms with Gasteiger partial charge in [0, 0.05) is 5.69 Å². The van der Waals surface area contributed by atoms with E-state index in [1.54, 1.807) is 13.8 Å². The van der Waals surface area contributed by atoms with Crippen molar-refractivity contribution in [3.8, 4) is 0 Å². The Morgan fingerprint density at radius 1 is 1.04 bits per heavy atom. The zero-order valence-corrected chi connectivity index (χ0v) is 12.3. The van der Waals surface area contributed by atoms with Gasteiger partial charge in [0.1, 0.15) is 0 Å². The molecule has 130 valence electrons. The van der Waals surface area contributed by atoms with Crippen molar-refractivity contribution >= 4 is 11.6 Å². The van der Waals surface area contributed by atoms with Crippen LogP contribution >= 0.6 is 0 Å². The summed E-state index contributed by atoms with van der Waals surface area (Å²) in [4.78, 5) is 11.8. The predicted octanol–water partition coefficient (Wildman–Crippen LogP) is 4.04. The standard InChI is InChI=1S/C14H16F6N2O/c1-7(2)3-11(21)12(23)22-10-5-8(13(15,16)17)4-9(6-10)14(18,19)20/h4-7,11H,3,21H2,1-2H3,(H,22,23). The molecular formula is C14H16F6N2O. The molecule has 1 atom stereocenters. The zero-order valence-electron chi connectivity index (χ0n) is 12.3. The van der Waals surface area contributed by atoms with Crippen LogP contribution in [-0.2, 0) is 17.1 Å². The highest BCUT2D eigenvalue weighted by molar-refractivity contribution is 5.94. The van der Waals surface area contributed by atoms with Crippen LogP contribution in [0.1, 0.15) is 31.4 Å². The third-order valence-electron chi connectivity index (χ3n) is 2.92. The summed E-state index contributed by atoms with van der Waals surface area (Å²) >= 11 is 0. The van der Waals surface area contributed by atoms with Gasteiger partial charge in [-0.25, -0.2) is 0 Å². The molecule has 23 heavy (non-hydrogen) atoms. The molecule has 3 N–H and O–H groups in total. The number of amides is 1. The molecule has 0 heterocycles. The maximum absolute atomic E-state index is 12.7. The molecule has 0 aliphatic carbocycles. The minimum absolute atomic E-state index is 0.0102. The van der Waals surface area contributed by atoms with E-state index >= 15 is 0 Å². The first kappa shape index (κ1) is 19.3. The smallest absolute Gasteiger partial charge is 0.325 e. The van der Waals surface area contributed by atoms with Crippen LogP contribution < -0.4 is 11.1 Å². The average molecular weight is 342 g/mol. The minimum Gasteiger partial charge on any atom is -0.325 e. The molecule has 0 spiro atoms. The maximum Gasteiger partial charge on any atom is 0.416 e. The molecule has 0 bridgehead atoms. The van der Waals surface area contributed by atoms with Crippen LogP contribution in [0.4, 0.5) is 32.0 Å². The van der Waals surface area contributed by atoms with Crippen LogP contribution in [-0.4, -0.2) is 11.9 Å². The van der Waals surface area contributed by atoms with Gasteiger partial charge in [0.15, 0.2) is 0 Å². The summed E-state index contributed by atoms with van der Waals surface area (Å²) in [6.07, 6.45) is -9.70. The van der Waals surface area contributed by atoms with Crippen LogP contribution in [0, 0.1) is 5.92 Å². The number of benzene rings is 1. The van der Waals surface area contributed by atoms with Gasteiger partial charge in [-0.3, -0.25) is 4.79 Å². The minimum atomic E-state index is -4.97. The Morgan fingerprint density at radius 3 is 1.83 bits per heavy atom. The van der Waals surface area contributed by atoms with E-state index in [-0.39, 0.29) is 18.4 Å². The van der Waals surface area contributed by atoms with E-state index in [0.717, 1.165) is 0 Å². The fraction of sp³-hybridized carbons (Fsp3) is 0.500. The monoisotopic (exact) mass is 342 g/mol. The van der Waals surface area contributed by atoms with Crippen LogP contribution in [0.3, 0.4) is 0 Å². The lowest BCUT2D eigenvalue weighted by atomic mass is 10.0. The molecule has 3 nitrogen and oxygen atoms in total. The van der Waals surface area contributed by atoms with Crippen molar-refractivity contribution < 1.29 is 31.1 Å². The molecule has 1 amide bonds. The Hall–Kier alpha value is -1.77. The van der Waals surface area contributed by atoms with E-state index in [2.05, 4.69) is 0 Å². The van der Waals surface area contributed by atoms with E-state index in [1.807, 2.05) is 5.32 Å². The quantitative estimate of drug-likeness (QED) is 0.812. The average Bonchev–Trinajstić information content (AvgIpc) is 2.35. The van der Waals surface area contributed by atoms with Crippen molar-refractivity contribution in [1.82, 2.24) is 0 Å². The lowest BCUT2D eigenvalue weighted by Gasteiger charge is -2.17. The van der Waals surface area contributed by atoms with Gasteiger partial charge in [0.05, 0.1) is 17.2 Å². The molecule has 0 fully saturated rings. The third kappa shape index (κ3) is 5.74. The van der Waals surface area contributed by atoms with Crippen LogP contribution in [0.5, 0.6) is 0 Å². The molecule has 0 aromatic heterocycles. The molecule has 9 heteroatoms. The number of anilines is 1. The summed E-state index contributed by atoms with van der Waals surface area (Å²) in [7, 11) is 0. The van der Waals surface area contributed by atoms with E-state index < -0.39 is 41.1 Å². The van der Waals surface area contributed by atoms with Gasteiger partial charge in [-0.1, -0.05) is 13.8 Å². The van der Waals surface area contributed by atoms with Crippen molar-refractivity contribution in [2.24, 2.45) is 11.7 Å². The van der Waals surface area contributed by atoms with E-state index in [4.69, 9.17) is 5.73 Å². The summed E-state index contributed by atoms with van der Waals surface area (Å²) in [5.74, 6) is -0.797. The van der Waals surface area contributed by atoms with E-state index in [9.17, 15) is 31.1 Å². The van der Waals surface area contributed by atoms with E-state index in [0.29, 0.717) is 12.1 Å². The number of hydrogen-bond donors (Lipinski definition) is 2. The summed E-state index contributed by atoms with van der Waals surface area (Å²) < 4.78 is 76.2. The summed E-state index contributed by atoms with van der Waals surface area (Å²) in [6.45, 7) is 3.55. The Kier molecular flexibility index (Phi) is 5.68. The molecule has 1 rings (SSSR count).